The predicted molar refractivity (Wildman–Crippen MR) is 58.9 cm³/mol. The molecular weight excluding hydrogens is 212 g/mol. The van der Waals surface area contributed by atoms with Crippen molar-refractivity contribution in [2.75, 3.05) is 6.54 Å². The minimum absolute atomic E-state index is 0.0328. The molecule has 1 aromatic rings. The topological polar surface area (TPSA) is 70.0 Å². The number of hydrogen-bond acceptors (Lipinski definition) is 2. The summed E-state index contributed by atoms with van der Waals surface area (Å²) in [6.45, 7) is 3.45. The maximum Gasteiger partial charge on any atom is 0.241 e. The molecule has 15 heavy (non-hydrogen) atoms. The molecule has 0 heterocycles. The van der Waals surface area contributed by atoms with Gasteiger partial charge in [0.15, 0.2) is 0 Å². The second-order valence-corrected chi connectivity index (χ2v) is 5.17. The minimum atomic E-state index is -3.47. The number of benzene rings is 1. The molecule has 1 unspecified atom stereocenters. The summed E-state index contributed by atoms with van der Waals surface area (Å²) >= 11 is 0. The number of hydrogen-bond donors (Lipinski definition) is 1. The summed E-state index contributed by atoms with van der Waals surface area (Å²) in [5, 5.41) is 0. The van der Waals surface area contributed by atoms with Gasteiger partial charge >= 0.3 is 0 Å². The lowest BCUT2D eigenvalue weighted by Crippen LogP contribution is -2.35. The third-order valence-electron chi connectivity index (χ3n) is 2.05. The van der Waals surface area contributed by atoms with E-state index in [4.69, 9.17) is 5.73 Å². The van der Waals surface area contributed by atoms with Crippen molar-refractivity contribution in [2.24, 2.45) is 0 Å². The van der Waals surface area contributed by atoms with E-state index in [2.05, 4.69) is 4.72 Å². The maximum atomic E-state index is 11.8. The summed E-state index contributed by atoms with van der Waals surface area (Å²) in [6, 6.07) is 6.43. The average Bonchev–Trinajstić information content (AvgIpc) is 2.17. The van der Waals surface area contributed by atoms with E-state index >= 15 is 0 Å². The first-order valence-corrected chi connectivity index (χ1v) is 6.18. The summed E-state index contributed by atoms with van der Waals surface area (Å²) in [4.78, 5) is 0.283. The molecule has 0 spiro atoms. The molecule has 1 rings (SSSR count). The van der Waals surface area contributed by atoms with Gasteiger partial charge in [-0.25, -0.2) is 13.1 Å². The second-order valence-electron chi connectivity index (χ2n) is 3.49. The normalized spacial score (nSPS) is 13.8. The Hall–Kier alpha value is -0.910. The molecule has 83 valence electrons. The van der Waals surface area contributed by atoms with Crippen LogP contribution in [0.4, 0.5) is 0 Å². The predicted octanol–water partition coefficient (Wildman–Crippen LogP) is 0.945. The highest BCUT2D eigenvalue weighted by Gasteiger charge is 2.17. The van der Waals surface area contributed by atoms with E-state index in [1.165, 1.54) is 0 Å². The molecule has 0 aliphatic heterocycles. The standard InChI is InChI=1S/C10H15N2O2S/c1-8-5-3-4-6-10(8)15(13,14)12-9(2)7-11/h3-6,9,11-12H,7H2,1-2H3. The Morgan fingerprint density at radius 1 is 1.40 bits per heavy atom. The summed E-state index contributed by atoms with van der Waals surface area (Å²) in [7, 11) is -3.47. The monoisotopic (exact) mass is 227 g/mol. The van der Waals surface area contributed by atoms with Gasteiger partial charge < -0.3 is 0 Å². The van der Waals surface area contributed by atoms with Crippen LogP contribution in [0.25, 0.3) is 0 Å². The van der Waals surface area contributed by atoms with Gasteiger partial charge in [0, 0.05) is 12.6 Å². The third kappa shape index (κ3) is 3.02. The lowest BCUT2D eigenvalue weighted by molar-refractivity contribution is 0.560. The third-order valence-corrected chi connectivity index (χ3v) is 3.80. The van der Waals surface area contributed by atoms with Crippen molar-refractivity contribution in [1.82, 2.24) is 10.5 Å². The highest BCUT2D eigenvalue weighted by Crippen LogP contribution is 2.13. The molecule has 0 aliphatic rings. The second kappa shape index (κ2) is 4.74. The molecular formula is C10H15N2O2S. The van der Waals surface area contributed by atoms with Gasteiger partial charge in [-0.3, -0.25) is 5.73 Å². The van der Waals surface area contributed by atoms with Crippen LogP contribution in [0.5, 0.6) is 0 Å². The Labute approximate surface area is 90.5 Å². The largest absolute Gasteiger partial charge is 0.256 e. The fraction of sp³-hybridized carbons (Fsp3) is 0.400. The molecule has 2 N–H and O–H groups in total. The number of rotatable bonds is 4. The van der Waals surface area contributed by atoms with Crippen molar-refractivity contribution in [1.29, 1.82) is 0 Å². The smallest absolute Gasteiger partial charge is 0.241 e. The molecule has 1 aromatic carbocycles. The zero-order valence-corrected chi connectivity index (χ0v) is 9.64. The number of sulfonamides is 1. The number of nitrogens with one attached hydrogen (secondary N) is 2. The van der Waals surface area contributed by atoms with Crippen molar-refractivity contribution in [2.45, 2.75) is 24.8 Å². The fourth-order valence-electron chi connectivity index (χ4n) is 1.23. The van der Waals surface area contributed by atoms with Crippen molar-refractivity contribution in [3.05, 3.63) is 29.8 Å². The molecule has 0 saturated heterocycles. The van der Waals surface area contributed by atoms with Crippen LogP contribution >= 0.6 is 0 Å². The number of aryl methyl sites for hydroxylation is 1. The minimum Gasteiger partial charge on any atom is -0.256 e. The van der Waals surface area contributed by atoms with Crippen LogP contribution < -0.4 is 10.5 Å². The summed E-state index contributed by atoms with van der Waals surface area (Å²) in [5.74, 6) is 0. The van der Waals surface area contributed by atoms with Crippen LogP contribution in [0.2, 0.25) is 0 Å². The van der Waals surface area contributed by atoms with Crippen LogP contribution in [0.1, 0.15) is 12.5 Å². The van der Waals surface area contributed by atoms with Crippen LogP contribution in [0.3, 0.4) is 0 Å². The molecule has 1 atom stereocenters. The molecule has 5 heteroatoms. The zero-order valence-electron chi connectivity index (χ0n) is 8.82. The van der Waals surface area contributed by atoms with Gasteiger partial charge in [-0.05, 0) is 25.5 Å². The first-order valence-electron chi connectivity index (χ1n) is 4.70. The maximum absolute atomic E-state index is 11.8. The van der Waals surface area contributed by atoms with Gasteiger partial charge in [-0.15, -0.1) is 0 Å². The van der Waals surface area contributed by atoms with Gasteiger partial charge in [0.25, 0.3) is 0 Å². The molecule has 0 amide bonds. The van der Waals surface area contributed by atoms with Gasteiger partial charge in [0.05, 0.1) is 4.90 Å². The van der Waals surface area contributed by atoms with Gasteiger partial charge in [0.1, 0.15) is 0 Å². The first-order chi connectivity index (χ1) is 6.97. The molecule has 0 aliphatic carbocycles. The molecule has 0 aromatic heterocycles. The SMILES string of the molecule is Cc1ccccc1S(=O)(=O)NC(C)C[NH]. The summed E-state index contributed by atoms with van der Waals surface area (Å²) < 4.78 is 26.1. The van der Waals surface area contributed by atoms with E-state index in [1.807, 2.05) is 0 Å². The quantitative estimate of drug-likeness (QED) is 0.831. The van der Waals surface area contributed by atoms with Crippen molar-refractivity contribution >= 4 is 10.0 Å². The lowest BCUT2D eigenvalue weighted by atomic mass is 10.2. The highest BCUT2D eigenvalue weighted by atomic mass is 32.2. The average molecular weight is 227 g/mol. The van der Waals surface area contributed by atoms with Gasteiger partial charge in [-0.1, -0.05) is 18.2 Å². The lowest BCUT2D eigenvalue weighted by Gasteiger charge is -2.12. The molecule has 0 fully saturated rings. The van der Waals surface area contributed by atoms with Gasteiger partial charge in [-0.2, -0.15) is 0 Å². The zero-order chi connectivity index (χ0) is 11.5. The van der Waals surface area contributed by atoms with E-state index in [9.17, 15) is 8.42 Å². The van der Waals surface area contributed by atoms with E-state index in [-0.39, 0.29) is 17.5 Å². The highest BCUT2D eigenvalue weighted by molar-refractivity contribution is 7.89. The van der Waals surface area contributed by atoms with Crippen molar-refractivity contribution in [3.63, 3.8) is 0 Å². The molecule has 1 radical (unpaired) electrons. The Kier molecular flexibility index (Phi) is 3.84. The van der Waals surface area contributed by atoms with E-state index in [0.717, 1.165) is 0 Å². The van der Waals surface area contributed by atoms with Crippen LogP contribution in [-0.4, -0.2) is 21.0 Å². The van der Waals surface area contributed by atoms with E-state index in [1.54, 1.807) is 38.1 Å². The Balaban J connectivity index is 3.02. The van der Waals surface area contributed by atoms with Gasteiger partial charge in [0.2, 0.25) is 10.0 Å². The Bertz CT molecular complexity index is 429. The molecule has 0 saturated carbocycles. The van der Waals surface area contributed by atoms with Crippen LogP contribution in [0, 0.1) is 6.92 Å². The van der Waals surface area contributed by atoms with E-state index in [0.29, 0.717) is 5.56 Å². The van der Waals surface area contributed by atoms with Crippen LogP contribution in [0.15, 0.2) is 29.2 Å². The fourth-order valence-corrected chi connectivity index (χ4v) is 2.72. The molecule has 0 bridgehead atoms. The Morgan fingerprint density at radius 2 is 2.00 bits per heavy atom. The Morgan fingerprint density at radius 3 is 2.53 bits per heavy atom. The summed E-state index contributed by atoms with van der Waals surface area (Å²) in [6.07, 6.45) is 0. The summed E-state index contributed by atoms with van der Waals surface area (Å²) in [5.41, 5.74) is 7.79. The van der Waals surface area contributed by atoms with Crippen molar-refractivity contribution in [3.8, 4) is 0 Å². The van der Waals surface area contributed by atoms with Crippen molar-refractivity contribution < 1.29 is 8.42 Å². The molecule has 4 nitrogen and oxygen atoms in total. The van der Waals surface area contributed by atoms with E-state index < -0.39 is 10.0 Å². The first kappa shape index (κ1) is 12.2. The van der Waals surface area contributed by atoms with Crippen LogP contribution in [-0.2, 0) is 10.0 Å².